The van der Waals surface area contributed by atoms with Crippen LogP contribution in [0.3, 0.4) is 0 Å². The minimum absolute atomic E-state index is 0.0713. The van der Waals surface area contributed by atoms with Gasteiger partial charge < -0.3 is 24.8 Å². The van der Waals surface area contributed by atoms with Gasteiger partial charge in [-0.1, -0.05) is 18.2 Å². The van der Waals surface area contributed by atoms with Crippen molar-refractivity contribution in [3.8, 4) is 17.2 Å². The second-order valence-electron chi connectivity index (χ2n) is 7.76. The molecule has 1 amide bonds. The third-order valence-electron chi connectivity index (χ3n) is 5.92. The molecule has 2 heterocycles. The maximum atomic E-state index is 13.0. The molecule has 0 aromatic heterocycles. The number of hydrogen-bond acceptors (Lipinski definition) is 6. The van der Waals surface area contributed by atoms with E-state index in [4.69, 9.17) is 14.2 Å². The minimum Gasteiger partial charge on any atom is -0.496 e. The lowest BCUT2D eigenvalue weighted by Crippen LogP contribution is -2.40. The smallest absolute Gasteiger partial charge is 0.236 e. The summed E-state index contributed by atoms with van der Waals surface area (Å²) in [5.41, 5.74) is 1.48. The second kappa shape index (κ2) is 7.50. The van der Waals surface area contributed by atoms with E-state index in [0.717, 1.165) is 18.4 Å². The number of hydrogen-bond donors (Lipinski definition) is 2. The number of fused-ring (bicyclic) bond motifs is 1. The topological polar surface area (TPSA) is 85.9 Å². The van der Waals surface area contributed by atoms with Gasteiger partial charge in [-0.05, 0) is 54.8 Å². The van der Waals surface area contributed by atoms with Crippen LogP contribution in [0.1, 0.15) is 28.8 Å². The van der Waals surface area contributed by atoms with Gasteiger partial charge in [0, 0.05) is 12.1 Å². The first-order chi connectivity index (χ1) is 15.1. The zero-order valence-corrected chi connectivity index (χ0v) is 17.1. The second-order valence-corrected chi connectivity index (χ2v) is 7.76. The maximum absolute atomic E-state index is 13.0. The number of Topliss-reactive ketones (excluding diaryl/α,β-unsaturated/α-hetero) is 1. The Morgan fingerprint density at radius 1 is 1.06 bits per heavy atom. The maximum Gasteiger partial charge on any atom is 0.236 e. The molecule has 5 rings (SSSR count). The average Bonchev–Trinajstić information content (AvgIpc) is 3.50. The van der Waals surface area contributed by atoms with Gasteiger partial charge in [0.1, 0.15) is 11.6 Å². The van der Waals surface area contributed by atoms with Crippen molar-refractivity contribution in [3.63, 3.8) is 0 Å². The molecule has 31 heavy (non-hydrogen) atoms. The van der Waals surface area contributed by atoms with Gasteiger partial charge in [0.25, 0.3) is 0 Å². The molecule has 1 aliphatic carbocycles. The van der Waals surface area contributed by atoms with E-state index in [2.05, 4.69) is 10.6 Å². The summed E-state index contributed by atoms with van der Waals surface area (Å²) >= 11 is 0. The van der Waals surface area contributed by atoms with Crippen molar-refractivity contribution in [1.29, 1.82) is 0 Å². The van der Waals surface area contributed by atoms with Crippen molar-refractivity contribution in [1.82, 2.24) is 10.6 Å². The van der Waals surface area contributed by atoms with Crippen molar-refractivity contribution in [2.45, 2.75) is 18.3 Å². The van der Waals surface area contributed by atoms with Gasteiger partial charge in [-0.25, -0.2) is 0 Å². The highest BCUT2D eigenvalue weighted by Crippen LogP contribution is 2.50. The van der Waals surface area contributed by atoms with Gasteiger partial charge in [-0.3, -0.25) is 9.59 Å². The van der Waals surface area contributed by atoms with Gasteiger partial charge >= 0.3 is 0 Å². The van der Waals surface area contributed by atoms with E-state index >= 15 is 0 Å². The monoisotopic (exact) mass is 418 g/mol. The number of carbonyl (C=O) groups excluding carboxylic acids is 2. The molecule has 0 atom stereocenters. The van der Waals surface area contributed by atoms with E-state index in [-0.39, 0.29) is 18.5 Å². The number of ketones is 1. The van der Waals surface area contributed by atoms with Crippen LogP contribution < -0.4 is 24.8 Å². The zero-order valence-electron chi connectivity index (χ0n) is 17.1. The Bertz CT molecular complexity index is 1130. The molecule has 3 aliphatic rings. The Hall–Kier alpha value is -3.74. The van der Waals surface area contributed by atoms with Gasteiger partial charge in [0.05, 0.1) is 18.1 Å². The van der Waals surface area contributed by atoms with Crippen LogP contribution in [0.2, 0.25) is 0 Å². The van der Waals surface area contributed by atoms with Gasteiger partial charge in [-0.15, -0.1) is 0 Å². The predicted octanol–water partition coefficient (Wildman–Crippen LogP) is 2.83. The van der Waals surface area contributed by atoms with Crippen LogP contribution in [0, 0.1) is 0 Å². The molecule has 0 saturated heterocycles. The SMILES string of the molecule is COc1ccccc1C(=O)C1=CC=C(NC(=O)C2(c3ccc4c(c3)OCO4)CC2)NC1. The number of nitrogens with one attached hydrogen (secondary N) is 2. The molecule has 0 unspecified atom stereocenters. The summed E-state index contributed by atoms with van der Waals surface area (Å²) in [4.78, 5) is 25.9. The fourth-order valence-corrected chi connectivity index (χ4v) is 3.95. The first-order valence-electron chi connectivity index (χ1n) is 10.1. The Morgan fingerprint density at radius 3 is 2.61 bits per heavy atom. The highest BCUT2D eigenvalue weighted by atomic mass is 16.7. The molecule has 158 valence electrons. The van der Waals surface area contributed by atoms with Crippen molar-refractivity contribution < 1.29 is 23.8 Å². The number of rotatable bonds is 6. The number of carbonyl (C=O) groups is 2. The lowest BCUT2D eigenvalue weighted by atomic mass is 9.94. The van der Waals surface area contributed by atoms with Gasteiger partial charge in [0.2, 0.25) is 12.7 Å². The number of benzene rings is 2. The van der Waals surface area contributed by atoms with Crippen molar-refractivity contribution in [2.24, 2.45) is 0 Å². The first kappa shape index (κ1) is 19.2. The predicted molar refractivity (Wildman–Crippen MR) is 113 cm³/mol. The Kier molecular flexibility index (Phi) is 4.66. The molecular formula is C24H22N2O5. The minimum atomic E-state index is -0.555. The Balaban J connectivity index is 1.30. The van der Waals surface area contributed by atoms with Crippen LogP contribution in [-0.2, 0) is 10.2 Å². The number of ether oxygens (including phenoxy) is 3. The molecule has 0 radical (unpaired) electrons. The molecule has 2 aromatic rings. The molecule has 2 aliphatic heterocycles. The average molecular weight is 418 g/mol. The number of allylic oxidation sites excluding steroid dienone is 2. The van der Waals surface area contributed by atoms with E-state index in [1.807, 2.05) is 24.3 Å². The van der Waals surface area contributed by atoms with E-state index in [1.54, 1.807) is 37.5 Å². The third kappa shape index (κ3) is 3.42. The van der Waals surface area contributed by atoms with Crippen LogP contribution in [0.4, 0.5) is 0 Å². The van der Waals surface area contributed by atoms with Crippen LogP contribution in [-0.4, -0.2) is 32.1 Å². The summed E-state index contributed by atoms with van der Waals surface area (Å²) in [6, 6.07) is 12.8. The molecule has 2 aromatic carbocycles. The summed E-state index contributed by atoms with van der Waals surface area (Å²) in [6.45, 7) is 0.525. The molecule has 0 bridgehead atoms. The van der Waals surface area contributed by atoms with Crippen molar-refractivity contribution in [2.75, 3.05) is 20.4 Å². The summed E-state index contributed by atoms with van der Waals surface area (Å²) in [6.07, 6.45) is 5.01. The zero-order chi connectivity index (χ0) is 21.4. The molecule has 7 nitrogen and oxygen atoms in total. The Labute approximate surface area is 179 Å². The van der Waals surface area contributed by atoms with Crippen LogP contribution >= 0.6 is 0 Å². The van der Waals surface area contributed by atoms with Crippen molar-refractivity contribution in [3.05, 3.63) is 77.1 Å². The van der Waals surface area contributed by atoms with E-state index in [0.29, 0.717) is 40.8 Å². The molecule has 2 N–H and O–H groups in total. The molecular weight excluding hydrogens is 396 g/mol. The quantitative estimate of drug-likeness (QED) is 0.702. The van der Waals surface area contributed by atoms with Crippen LogP contribution in [0.5, 0.6) is 17.2 Å². The summed E-state index contributed by atoms with van der Waals surface area (Å²) < 4.78 is 16.1. The molecule has 7 heteroatoms. The number of amides is 1. The fourth-order valence-electron chi connectivity index (χ4n) is 3.95. The lowest BCUT2D eigenvalue weighted by Gasteiger charge is -2.21. The lowest BCUT2D eigenvalue weighted by molar-refractivity contribution is -0.122. The Morgan fingerprint density at radius 2 is 1.87 bits per heavy atom. The van der Waals surface area contributed by atoms with Gasteiger partial charge in [0.15, 0.2) is 17.3 Å². The van der Waals surface area contributed by atoms with E-state index < -0.39 is 5.41 Å². The van der Waals surface area contributed by atoms with Crippen LogP contribution in [0.15, 0.2) is 66.0 Å². The molecule has 1 fully saturated rings. The number of methoxy groups -OCH3 is 1. The normalized spacial score (nSPS) is 17.7. The van der Waals surface area contributed by atoms with Gasteiger partial charge in [-0.2, -0.15) is 0 Å². The number of para-hydroxylation sites is 1. The largest absolute Gasteiger partial charge is 0.496 e. The highest BCUT2D eigenvalue weighted by molar-refractivity contribution is 6.11. The highest BCUT2D eigenvalue weighted by Gasteiger charge is 2.52. The summed E-state index contributed by atoms with van der Waals surface area (Å²) in [5, 5.41) is 6.10. The fraction of sp³-hybridized carbons (Fsp3) is 0.250. The third-order valence-corrected chi connectivity index (χ3v) is 5.92. The van der Waals surface area contributed by atoms with Crippen LogP contribution in [0.25, 0.3) is 0 Å². The standard InChI is InChI=1S/C24H22N2O5/c1-29-18-5-3-2-4-17(18)22(27)15-6-9-21(25-13-15)26-23(28)24(10-11-24)16-7-8-19-20(12-16)31-14-30-19/h2-9,12,25H,10-11,13-14H2,1H3,(H,26,28). The number of dihydropyridines is 1. The van der Waals surface area contributed by atoms with E-state index in [1.165, 1.54) is 0 Å². The molecule has 1 saturated carbocycles. The van der Waals surface area contributed by atoms with E-state index in [9.17, 15) is 9.59 Å². The van der Waals surface area contributed by atoms with Crippen molar-refractivity contribution >= 4 is 11.7 Å². The molecule has 0 spiro atoms. The summed E-state index contributed by atoms with van der Waals surface area (Å²) in [5.74, 6) is 2.32. The first-order valence-corrected chi connectivity index (χ1v) is 10.1. The summed E-state index contributed by atoms with van der Waals surface area (Å²) in [7, 11) is 1.54.